The van der Waals surface area contributed by atoms with Crippen molar-refractivity contribution in [1.29, 1.82) is 0 Å². The van der Waals surface area contributed by atoms with Crippen molar-refractivity contribution >= 4 is 23.4 Å². The zero-order valence-corrected chi connectivity index (χ0v) is 14.2. The van der Waals surface area contributed by atoms with Crippen molar-refractivity contribution in [2.75, 3.05) is 18.2 Å². The fourth-order valence-electron chi connectivity index (χ4n) is 3.97. The van der Waals surface area contributed by atoms with Crippen molar-refractivity contribution in [2.45, 2.75) is 43.2 Å². The van der Waals surface area contributed by atoms with Crippen LogP contribution in [0.4, 0.5) is 5.69 Å². The molecule has 1 aliphatic carbocycles. The lowest BCUT2D eigenvalue weighted by Gasteiger charge is -2.65. The molecular formula is C17H24N2O2S. The molecule has 3 rings (SSSR count). The summed E-state index contributed by atoms with van der Waals surface area (Å²) in [5.41, 5.74) is 6.19. The summed E-state index contributed by atoms with van der Waals surface area (Å²) in [6, 6.07) is 7.86. The lowest BCUT2D eigenvalue weighted by atomic mass is 9.46. The number of nitrogens with two attached hydrogens (primary N) is 1. The van der Waals surface area contributed by atoms with Crippen LogP contribution < -0.4 is 11.1 Å². The fourth-order valence-corrected chi connectivity index (χ4v) is 4.43. The molecule has 0 radical (unpaired) electrons. The smallest absolute Gasteiger partial charge is 0.245 e. The molecule has 1 amide bonds. The van der Waals surface area contributed by atoms with Crippen LogP contribution in [0, 0.1) is 11.3 Å². The van der Waals surface area contributed by atoms with Crippen LogP contribution in [0.1, 0.15) is 26.7 Å². The molecule has 3 atom stereocenters. The molecule has 1 aromatic carbocycles. The number of carbonyl (C=O) groups excluding carboxylic acids is 1. The summed E-state index contributed by atoms with van der Waals surface area (Å²) in [5, 5.41) is 3.01. The third-order valence-corrected chi connectivity index (χ3v) is 6.11. The Morgan fingerprint density at radius 3 is 2.95 bits per heavy atom. The summed E-state index contributed by atoms with van der Waals surface area (Å²) in [7, 11) is 0. The molecular weight excluding hydrogens is 296 g/mol. The number of thioether (sulfide) groups is 1. The summed E-state index contributed by atoms with van der Waals surface area (Å²) in [6.07, 6.45) is 4.05. The minimum Gasteiger partial charge on any atom is -0.377 e. The van der Waals surface area contributed by atoms with Gasteiger partial charge in [0.2, 0.25) is 5.91 Å². The summed E-state index contributed by atoms with van der Waals surface area (Å²) < 4.78 is 5.86. The number of fused-ring (bicyclic) bond motifs is 1. The first-order chi connectivity index (χ1) is 10.4. The number of carbonyl (C=O) groups is 1. The van der Waals surface area contributed by atoms with Gasteiger partial charge in [-0.2, -0.15) is 0 Å². The van der Waals surface area contributed by atoms with Crippen molar-refractivity contribution in [3.63, 3.8) is 0 Å². The van der Waals surface area contributed by atoms with Gasteiger partial charge < -0.3 is 15.8 Å². The zero-order valence-electron chi connectivity index (χ0n) is 13.4. The molecule has 2 fully saturated rings. The molecule has 1 heterocycles. The predicted octanol–water partition coefficient (Wildman–Crippen LogP) is 2.88. The molecule has 1 saturated carbocycles. The van der Waals surface area contributed by atoms with Crippen LogP contribution in [0.5, 0.6) is 0 Å². The van der Waals surface area contributed by atoms with Gasteiger partial charge in [-0.15, -0.1) is 11.8 Å². The molecule has 0 aromatic heterocycles. The number of amides is 1. The summed E-state index contributed by atoms with van der Waals surface area (Å²) in [6.45, 7) is 4.85. The predicted molar refractivity (Wildman–Crippen MR) is 90.0 cm³/mol. The first kappa shape index (κ1) is 15.8. The highest BCUT2D eigenvalue weighted by Gasteiger charge is 2.70. The van der Waals surface area contributed by atoms with Crippen LogP contribution in [0.25, 0.3) is 0 Å². The van der Waals surface area contributed by atoms with Crippen molar-refractivity contribution in [3.8, 4) is 0 Å². The maximum Gasteiger partial charge on any atom is 0.245 e. The molecule has 2 aliphatic rings. The molecule has 3 N–H and O–H groups in total. The Balaban J connectivity index is 1.81. The Kier molecular flexibility index (Phi) is 4.00. The van der Waals surface area contributed by atoms with Crippen molar-refractivity contribution < 1.29 is 9.53 Å². The molecule has 22 heavy (non-hydrogen) atoms. The number of hydrogen-bond donors (Lipinski definition) is 2. The van der Waals surface area contributed by atoms with Gasteiger partial charge in [0.1, 0.15) is 5.54 Å². The third kappa shape index (κ3) is 2.18. The van der Waals surface area contributed by atoms with Gasteiger partial charge >= 0.3 is 0 Å². The van der Waals surface area contributed by atoms with Crippen LogP contribution in [0.2, 0.25) is 0 Å². The SMILES string of the molecule is CSc1cccc(NC(=O)C2(N)C3CCCOC3C2(C)C)c1. The van der Waals surface area contributed by atoms with Crippen molar-refractivity contribution in [3.05, 3.63) is 24.3 Å². The van der Waals surface area contributed by atoms with Crippen LogP contribution in [-0.4, -0.2) is 30.4 Å². The van der Waals surface area contributed by atoms with Crippen LogP contribution in [0.15, 0.2) is 29.2 Å². The first-order valence-electron chi connectivity index (χ1n) is 7.77. The monoisotopic (exact) mass is 320 g/mol. The Bertz CT molecular complexity index is 590. The normalized spacial score (nSPS) is 32.7. The van der Waals surface area contributed by atoms with Gasteiger partial charge in [-0.1, -0.05) is 19.9 Å². The average Bonchev–Trinajstić information content (AvgIpc) is 2.54. The minimum absolute atomic E-state index is 0.0922. The number of hydrogen-bond acceptors (Lipinski definition) is 4. The molecule has 1 aliphatic heterocycles. The number of benzene rings is 1. The van der Waals surface area contributed by atoms with Crippen molar-refractivity contribution in [1.82, 2.24) is 0 Å². The molecule has 0 spiro atoms. The molecule has 1 aromatic rings. The van der Waals surface area contributed by atoms with Gasteiger partial charge in [-0.25, -0.2) is 0 Å². The molecule has 1 saturated heterocycles. The molecule has 5 heteroatoms. The zero-order chi connectivity index (χ0) is 16.0. The highest BCUT2D eigenvalue weighted by Crippen LogP contribution is 2.57. The standard InChI is InChI=1S/C17H24N2O2S/c1-16(2)14-13(8-5-9-21-14)17(16,18)15(20)19-11-6-4-7-12(10-11)22-3/h4,6-7,10,13-14H,5,8-9,18H2,1-3H3,(H,19,20). The molecule has 0 bridgehead atoms. The summed E-state index contributed by atoms with van der Waals surface area (Å²) >= 11 is 1.65. The number of rotatable bonds is 3. The van der Waals surface area contributed by atoms with E-state index < -0.39 is 5.54 Å². The lowest BCUT2D eigenvalue weighted by molar-refractivity contribution is -0.222. The summed E-state index contributed by atoms with van der Waals surface area (Å²) in [5.74, 6) is 0.0162. The fraction of sp³-hybridized carbons (Fsp3) is 0.588. The maximum absolute atomic E-state index is 12.9. The Morgan fingerprint density at radius 1 is 1.45 bits per heavy atom. The van der Waals surface area contributed by atoms with Gasteiger partial charge in [0.15, 0.2) is 0 Å². The maximum atomic E-state index is 12.9. The number of nitrogens with one attached hydrogen (secondary N) is 1. The van der Waals surface area contributed by atoms with Gasteiger partial charge in [0.05, 0.1) is 6.10 Å². The topological polar surface area (TPSA) is 64.4 Å². The van der Waals surface area contributed by atoms with E-state index in [1.54, 1.807) is 11.8 Å². The van der Waals surface area contributed by atoms with E-state index in [1.165, 1.54) is 0 Å². The third-order valence-electron chi connectivity index (χ3n) is 5.39. The molecule has 3 unspecified atom stereocenters. The second kappa shape index (κ2) is 5.55. The highest BCUT2D eigenvalue weighted by molar-refractivity contribution is 7.98. The van der Waals surface area contributed by atoms with Gasteiger partial charge in [-0.3, -0.25) is 4.79 Å². The van der Waals surface area contributed by atoms with E-state index in [0.717, 1.165) is 30.0 Å². The van der Waals surface area contributed by atoms with Gasteiger partial charge in [0.25, 0.3) is 0 Å². The van der Waals surface area contributed by atoms with E-state index in [-0.39, 0.29) is 23.3 Å². The minimum atomic E-state index is -0.868. The van der Waals surface area contributed by atoms with E-state index in [0.29, 0.717) is 0 Å². The van der Waals surface area contributed by atoms with E-state index in [9.17, 15) is 4.79 Å². The van der Waals surface area contributed by atoms with E-state index >= 15 is 0 Å². The molecule has 4 nitrogen and oxygen atoms in total. The van der Waals surface area contributed by atoms with E-state index in [2.05, 4.69) is 5.32 Å². The second-order valence-electron chi connectivity index (χ2n) is 6.82. The lowest BCUT2D eigenvalue weighted by Crippen LogP contribution is -2.81. The van der Waals surface area contributed by atoms with Crippen LogP contribution in [-0.2, 0) is 9.53 Å². The average molecular weight is 320 g/mol. The largest absolute Gasteiger partial charge is 0.377 e. The second-order valence-corrected chi connectivity index (χ2v) is 7.70. The Hall–Kier alpha value is -1.04. The highest BCUT2D eigenvalue weighted by atomic mass is 32.2. The quantitative estimate of drug-likeness (QED) is 0.841. The Labute approximate surface area is 136 Å². The first-order valence-corrected chi connectivity index (χ1v) is 8.99. The number of anilines is 1. The Morgan fingerprint density at radius 2 is 2.23 bits per heavy atom. The van der Waals surface area contributed by atoms with Gasteiger partial charge in [0, 0.05) is 28.5 Å². The summed E-state index contributed by atoms with van der Waals surface area (Å²) in [4.78, 5) is 14.0. The van der Waals surface area contributed by atoms with E-state index in [4.69, 9.17) is 10.5 Å². The van der Waals surface area contributed by atoms with E-state index in [1.807, 2.05) is 44.4 Å². The van der Waals surface area contributed by atoms with Gasteiger partial charge in [-0.05, 0) is 37.3 Å². The molecule has 120 valence electrons. The number of ether oxygens (including phenoxy) is 1. The van der Waals surface area contributed by atoms with Crippen LogP contribution >= 0.6 is 11.8 Å². The van der Waals surface area contributed by atoms with Crippen LogP contribution in [0.3, 0.4) is 0 Å². The van der Waals surface area contributed by atoms with Crippen molar-refractivity contribution in [2.24, 2.45) is 17.1 Å².